The summed E-state index contributed by atoms with van der Waals surface area (Å²) in [5.41, 5.74) is 4.86. The molecule has 3 nitrogen and oxygen atoms in total. The van der Waals surface area contributed by atoms with Gasteiger partial charge in [-0.1, -0.05) is 60.5 Å². The fraction of sp³-hybridized carbons (Fsp3) is 0.458. The van der Waals surface area contributed by atoms with E-state index >= 15 is 0 Å². The van der Waals surface area contributed by atoms with Crippen LogP contribution in [0.4, 0.5) is 0 Å². The molecule has 0 aromatic heterocycles. The number of rotatable bonds is 6. The number of halogens is 1. The van der Waals surface area contributed by atoms with Crippen LogP contribution in [0.25, 0.3) is 0 Å². The predicted molar refractivity (Wildman–Crippen MR) is 117 cm³/mol. The van der Waals surface area contributed by atoms with E-state index in [0.717, 1.165) is 49.5 Å². The van der Waals surface area contributed by atoms with Crippen LogP contribution in [0.1, 0.15) is 54.5 Å². The molecule has 2 atom stereocenters. The largest absolute Gasteiger partial charge is 0.349 e. The number of nitrogens with zero attached hydrogens (tertiary/aromatic N) is 1. The zero-order valence-corrected chi connectivity index (χ0v) is 17.9. The second kappa shape index (κ2) is 9.58. The molecule has 3 rings (SSSR count). The van der Waals surface area contributed by atoms with Crippen LogP contribution in [-0.4, -0.2) is 23.9 Å². The van der Waals surface area contributed by atoms with E-state index in [0.29, 0.717) is 0 Å². The molecule has 2 aromatic rings. The van der Waals surface area contributed by atoms with Crippen molar-refractivity contribution >= 4 is 17.5 Å². The Hall–Kier alpha value is -1.84. The van der Waals surface area contributed by atoms with Gasteiger partial charge in [0, 0.05) is 18.1 Å². The van der Waals surface area contributed by atoms with E-state index in [1.54, 1.807) is 0 Å². The minimum Gasteiger partial charge on any atom is -0.349 e. The first-order valence-corrected chi connectivity index (χ1v) is 10.7. The number of hydrogen-bond acceptors (Lipinski definition) is 2. The molecule has 1 saturated heterocycles. The summed E-state index contributed by atoms with van der Waals surface area (Å²) in [4.78, 5) is 15.4. The molecule has 0 unspecified atom stereocenters. The average Bonchev–Trinajstić information content (AvgIpc) is 2.68. The van der Waals surface area contributed by atoms with Gasteiger partial charge < -0.3 is 5.32 Å². The summed E-state index contributed by atoms with van der Waals surface area (Å²) in [6.45, 7) is 8.98. The molecule has 1 N–H and O–H groups in total. The van der Waals surface area contributed by atoms with Crippen molar-refractivity contribution in [3.8, 4) is 0 Å². The van der Waals surface area contributed by atoms with Crippen LogP contribution in [0, 0.1) is 19.8 Å². The topological polar surface area (TPSA) is 32.3 Å². The minimum atomic E-state index is 0.0380. The highest BCUT2D eigenvalue weighted by Crippen LogP contribution is 2.25. The van der Waals surface area contributed by atoms with Crippen molar-refractivity contribution in [2.75, 3.05) is 13.1 Å². The van der Waals surface area contributed by atoms with Gasteiger partial charge in [-0.15, -0.1) is 0 Å². The molecule has 1 amide bonds. The summed E-state index contributed by atoms with van der Waals surface area (Å²) in [5.74, 6) is 0.215. The van der Waals surface area contributed by atoms with Crippen LogP contribution < -0.4 is 5.32 Å². The summed E-state index contributed by atoms with van der Waals surface area (Å²) in [7, 11) is 0. The smallest absolute Gasteiger partial charge is 0.224 e. The number of piperidine rings is 1. The normalized spacial score (nSPS) is 18.6. The highest BCUT2D eigenvalue weighted by atomic mass is 35.5. The molecule has 1 aliphatic heterocycles. The standard InChI is InChI=1S/C24H31ClN2O/c1-4-23(21-12-11-17(2)14-18(21)3)26-24(28)20-9-7-13-27(16-20)15-19-8-5-6-10-22(19)25/h5-6,8,10-12,14,20,23H,4,7,9,13,15-16H2,1-3H3,(H,26,28)/t20-,23+/m1/s1. The van der Waals surface area contributed by atoms with Gasteiger partial charge in [-0.05, 0) is 62.4 Å². The third-order valence-electron chi connectivity index (χ3n) is 5.75. The van der Waals surface area contributed by atoms with E-state index in [1.165, 1.54) is 16.7 Å². The van der Waals surface area contributed by atoms with Crippen molar-refractivity contribution < 1.29 is 4.79 Å². The van der Waals surface area contributed by atoms with Crippen molar-refractivity contribution in [1.82, 2.24) is 10.2 Å². The zero-order chi connectivity index (χ0) is 20.1. The molecule has 1 fully saturated rings. The molecule has 0 saturated carbocycles. The lowest BCUT2D eigenvalue weighted by Gasteiger charge is -2.33. The first-order valence-electron chi connectivity index (χ1n) is 10.3. The molecule has 2 aromatic carbocycles. The van der Waals surface area contributed by atoms with Crippen molar-refractivity contribution in [2.45, 2.75) is 52.6 Å². The van der Waals surface area contributed by atoms with Crippen LogP contribution in [-0.2, 0) is 11.3 Å². The highest BCUT2D eigenvalue weighted by molar-refractivity contribution is 6.31. The lowest BCUT2D eigenvalue weighted by molar-refractivity contribution is -0.127. The predicted octanol–water partition coefficient (Wildman–Crippen LogP) is 5.44. The van der Waals surface area contributed by atoms with Crippen molar-refractivity contribution in [2.24, 2.45) is 5.92 Å². The Bertz CT molecular complexity index is 820. The molecule has 0 radical (unpaired) electrons. The number of carbonyl (C=O) groups is 1. The maximum absolute atomic E-state index is 13.0. The molecule has 1 heterocycles. The summed E-state index contributed by atoms with van der Waals surface area (Å²) < 4.78 is 0. The third-order valence-corrected chi connectivity index (χ3v) is 6.12. The van der Waals surface area contributed by atoms with Crippen LogP contribution in [0.5, 0.6) is 0 Å². The van der Waals surface area contributed by atoms with Crippen LogP contribution in [0.2, 0.25) is 5.02 Å². The van der Waals surface area contributed by atoms with E-state index in [1.807, 2.05) is 18.2 Å². The first kappa shape index (κ1) is 20.9. The van der Waals surface area contributed by atoms with Gasteiger partial charge in [-0.25, -0.2) is 0 Å². The zero-order valence-electron chi connectivity index (χ0n) is 17.2. The molecule has 0 aliphatic carbocycles. The monoisotopic (exact) mass is 398 g/mol. The highest BCUT2D eigenvalue weighted by Gasteiger charge is 2.27. The number of benzene rings is 2. The van der Waals surface area contributed by atoms with E-state index in [-0.39, 0.29) is 17.9 Å². The van der Waals surface area contributed by atoms with Gasteiger partial charge in [-0.3, -0.25) is 9.69 Å². The Morgan fingerprint density at radius 1 is 1.25 bits per heavy atom. The average molecular weight is 399 g/mol. The lowest BCUT2D eigenvalue weighted by Crippen LogP contribution is -2.43. The van der Waals surface area contributed by atoms with Gasteiger partial charge in [0.2, 0.25) is 5.91 Å². The van der Waals surface area contributed by atoms with E-state index in [2.05, 4.69) is 55.3 Å². The van der Waals surface area contributed by atoms with Crippen LogP contribution in [0.15, 0.2) is 42.5 Å². The van der Waals surface area contributed by atoms with E-state index < -0.39 is 0 Å². The second-order valence-corrected chi connectivity index (χ2v) is 8.40. The minimum absolute atomic E-state index is 0.0380. The number of likely N-dealkylation sites (tertiary alicyclic amines) is 1. The quantitative estimate of drug-likeness (QED) is 0.702. The molecule has 1 aliphatic rings. The Labute approximate surface area is 174 Å². The number of amides is 1. The van der Waals surface area contributed by atoms with Crippen LogP contribution >= 0.6 is 11.6 Å². The van der Waals surface area contributed by atoms with Crippen molar-refractivity contribution in [3.05, 3.63) is 69.7 Å². The second-order valence-electron chi connectivity index (χ2n) is 8.00. The van der Waals surface area contributed by atoms with Gasteiger partial charge in [0.05, 0.1) is 12.0 Å². The number of aryl methyl sites for hydroxylation is 2. The van der Waals surface area contributed by atoms with Crippen LogP contribution in [0.3, 0.4) is 0 Å². The SMILES string of the molecule is CC[C@H](NC(=O)[C@@H]1CCCN(Cc2ccccc2Cl)C1)c1ccc(C)cc1C. The maximum atomic E-state index is 13.0. The Balaban J connectivity index is 1.63. The number of hydrogen-bond donors (Lipinski definition) is 1. The van der Waals surface area contributed by atoms with Crippen molar-refractivity contribution in [3.63, 3.8) is 0 Å². The first-order chi connectivity index (χ1) is 13.5. The fourth-order valence-corrected chi connectivity index (χ4v) is 4.38. The number of nitrogens with one attached hydrogen (secondary N) is 1. The molecule has 28 heavy (non-hydrogen) atoms. The lowest BCUT2D eigenvalue weighted by atomic mass is 9.94. The van der Waals surface area contributed by atoms with Gasteiger partial charge in [0.15, 0.2) is 0 Å². The summed E-state index contributed by atoms with van der Waals surface area (Å²) >= 11 is 6.32. The summed E-state index contributed by atoms with van der Waals surface area (Å²) in [5, 5.41) is 4.12. The Morgan fingerprint density at radius 3 is 2.75 bits per heavy atom. The third kappa shape index (κ3) is 5.15. The van der Waals surface area contributed by atoms with Gasteiger partial charge in [0.1, 0.15) is 0 Å². The van der Waals surface area contributed by atoms with Gasteiger partial charge in [-0.2, -0.15) is 0 Å². The molecular formula is C24H31ClN2O. The molecular weight excluding hydrogens is 368 g/mol. The van der Waals surface area contributed by atoms with Crippen molar-refractivity contribution in [1.29, 1.82) is 0 Å². The van der Waals surface area contributed by atoms with Gasteiger partial charge >= 0.3 is 0 Å². The molecule has 4 heteroatoms. The Morgan fingerprint density at radius 2 is 2.04 bits per heavy atom. The molecule has 0 bridgehead atoms. The molecule has 150 valence electrons. The summed E-state index contributed by atoms with van der Waals surface area (Å²) in [6, 6.07) is 14.5. The number of carbonyl (C=O) groups excluding carboxylic acids is 1. The maximum Gasteiger partial charge on any atom is 0.224 e. The molecule has 0 spiro atoms. The fourth-order valence-electron chi connectivity index (χ4n) is 4.19. The van der Waals surface area contributed by atoms with Gasteiger partial charge in [0.25, 0.3) is 0 Å². The van der Waals surface area contributed by atoms with E-state index in [4.69, 9.17) is 11.6 Å². The van der Waals surface area contributed by atoms with E-state index in [9.17, 15) is 4.79 Å². The Kier molecular flexibility index (Phi) is 7.14. The summed E-state index contributed by atoms with van der Waals surface area (Å²) in [6.07, 6.45) is 2.89.